The quantitative estimate of drug-likeness (QED) is 0.869. The Balaban J connectivity index is 2.27. The predicted octanol–water partition coefficient (Wildman–Crippen LogP) is 2.22. The van der Waals surface area contributed by atoms with Crippen molar-refractivity contribution in [2.75, 3.05) is 7.11 Å². The van der Waals surface area contributed by atoms with Gasteiger partial charge < -0.3 is 10.1 Å². The molecule has 0 spiro atoms. The van der Waals surface area contributed by atoms with E-state index in [9.17, 15) is 4.79 Å². The van der Waals surface area contributed by atoms with Crippen molar-refractivity contribution in [1.82, 2.24) is 5.32 Å². The van der Waals surface area contributed by atoms with Crippen molar-refractivity contribution in [1.29, 1.82) is 0 Å². The lowest BCUT2D eigenvalue weighted by atomic mass is 9.85. The van der Waals surface area contributed by atoms with E-state index in [0.717, 1.165) is 12.8 Å². The van der Waals surface area contributed by atoms with Crippen molar-refractivity contribution in [2.45, 2.75) is 38.3 Å². The van der Waals surface area contributed by atoms with Crippen LogP contribution >= 0.6 is 0 Å². The van der Waals surface area contributed by atoms with Gasteiger partial charge in [0.15, 0.2) is 0 Å². The number of rotatable bonds is 3. The number of carbonyl (C=O) groups is 1. The zero-order chi connectivity index (χ0) is 12.3. The summed E-state index contributed by atoms with van der Waals surface area (Å²) in [7, 11) is 1.71. The highest BCUT2D eigenvalue weighted by atomic mass is 16.5. The minimum atomic E-state index is -0.00241. The molecule has 1 aromatic carbocycles. The average Bonchev–Trinajstić information content (AvgIpc) is 2.39. The van der Waals surface area contributed by atoms with E-state index in [1.807, 2.05) is 19.1 Å². The fraction of sp³-hybridized carbons (Fsp3) is 0.500. The minimum absolute atomic E-state index is 0.00241. The van der Waals surface area contributed by atoms with Gasteiger partial charge >= 0.3 is 0 Å². The Hall–Kier alpha value is -1.35. The van der Waals surface area contributed by atoms with E-state index in [0.29, 0.717) is 6.42 Å². The van der Waals surface area contributed by atoms with Gasteiger partial charge in [-0.15, -0.1) is 0 Å². The first kappa shape index (κ1) is 12.1. The summed E-state index contributed by atoms with van der Waals surface area (Å²) in [5.74, 6) is 0.0775. The second-order valence-corrected chi connectivity index (χ2v) is 4.41. The molecule has 0 aliphatic heterocycles. The molecule has 3 heteroatoms. The Kier molecular flexibility index (Phi) is 3.79. The maximum Gasteiger partial charge on any atom is 0.220 e. The van der Waals surface area contributed by atoms with E-state index in [4.69, 9.17) is 4.74 Å². The Morgan fingerprint density at radius 2 is 2.24 bits per heavy atom. The molecule has 1 aromatic rings. The fourth-order valence-electron chi connectivity index (χ4n) is 2.43. The lowest BCUT2D eigenvalue weighted by Crippen LogP contribution is -2.40. The summed E-state index contributed by atoms with van der Waals surface area (Å²) >= 11 is 0. The van der Waals surface area contributed by atoms with Crippen LogP contribution in [0.2, 0.25) is 0 Å². The molecular formula is C14H19NO2. The highest BCUT2D eigenvalue weighted by molar-refractivity contribution is 5.76. The fourth-order valence-corrected chi connectivity index (χ4v) is 2.43. The molecule has 2 rings (SSSR count). The van der Waals surface area contributed by atoms with Crippen LogP contribution in [0.15, 0.2) is 24.3 Å². The van der Waals surface area contributed by atoms with Crippen LogP contribution in [-0.4, -0.2) is 19.1 Å². The number of amides is 1. The summed E-state index contributed by atoms with van der Waals surface area (Å²) in [5, 5.41) is 3.06. The topological polar surface area (TPSA) is 38.3 Å². The zero-order valence-corrected chi connectivity index (χ0v) is 10.4. The number of hydrogen-bond acceptors (Lipinski definition) is 2. The van der Waals surface area contributed by atoms with Crippen LogP contribution in [0.4, 0.5) is 0 Å². The number of ether oxygens (including phenoxy) is 1. The van der Waals surface area contributed by atoms with E-state index >= 15 is 0 Å². The molecule has 3 nitrogen and oxygen atoms in total. The van der Waals surface area contributed by atoms with Crippen LogP contribution in [0.25, 0.3) is 0 Å². The van der Waals surface area contributed by atoms with Crippen LogP contribution in [0.3, 0.4) is 0 Å². The van der Waals surface area contributed by atoms with E-state index in [1.54, 1.807) is 7.11 Å². The van der Waals surface area contributed by atoms with Crippen LogP contribution < -0.4 is 5.32 Å². The summed E-state index contributed by atoms with van der Waals surface area (Å²) in [6.07, 6.45) is 2.57. The van der Waals surface area contributed by atoms with Crippen LogP contribution in [0.5, 0.6) is 0 Å². The van der Waals surface area contributed by atoms with Crippen molar-refractivity contribution in [3.63, 3.8) is 0 Å². The van der Waals surface area contributed by atoms with Gasteiger partial charge in [0.1, 0.15) is 0 Å². The third kappa shape index (κ3) is 2.50. The molecule has 1 aliphatic rings. The zero-order valence-electron chi connectivity index (χ0n) is 10.4. The van der Waals surface area contributed by atoms with Gasteiger partial charge in [-0.3, -0.25) is 4.79 Å². The van der Waals surface area contributed by atoms with Crippen molar-refractivity contribution in [3.8, 4) is 0 Å². The van der Waals surface area contributed by atoms with Gasteiger partial charge in [0.25, 0.3) is 0 Å². The molecule has 2 atom stereocenters. The minimum Gasteiger partial charge on any atom is -0.379 e. The Morgan fingerprint density at radius 3 is 2.94 bits per heavy atom. The number of benzene rings is 1. The van der Waals surface area contributed by atoms with Gasteiger partial charge in [0.2, 0.25) is 5.91 Å². The molecule has 0 heterocycles. The Labute approximate surface area is 102 Å². The standard InChI is InChI=1S/C14H19NO2/c1-3-13(16)15-14-11-7-5-4-6-10(11)8-9-12(14)17-2/h4-7,12,14H,3,8-9H2,1-2H3,(H,15,16). The van der Waals surface area contributed by atoms with E-state index in [1.165, 1.54) is 11.1 Å². The summed E-state index contributed by atoms with van der Waals surface area (Å²) in [5.41, 5.74) is 2.52. The highest BCUT2D eigenvalue weighted by Gasteiger charge is 2.30. The molecule has 0 radical (unpaired) electrons. The van der Waals surface area contributed by atoms with Crippen molar-refractivity contribution >= 4 is 5.91 Å². The van der Waals surface area contributed by atoms with Crippen LogP contribution in [0.1, 0.15) is 36.9 Å². The van der Waals surface area contributed by atoms with Gasteiger partial charge in [-0.2, -0.15) is 0 Å². The lowest BCUT2D eigenvalue weighted by molar-refractivity contribution is -0.122. The molecule has 0 bridgehead atoms. The largest absolute Gasteiger partial charge is 0.379 e. The summed E-state index contributed by atoms with van der Waals surface area (Å²) < 4.78 is 5.49. The molecule has 0 fully saturated rings. The Bertz CT molecular complexity index is 403. The number of methoxy groups -OCH3 is 1. The van der Waals surface area contributed by atoms with Crippen molar-refractivity contribution in [3.05, 3.63) is 35.4 Å². The van der Waals surface area contributed by atoms with E-state index < -0.39 is 0 Å². The summed E-state index contributed by atoms with van der Waals surface area (Å²) in [4.78, 5) is 11.6. The molecule has 0 aromatic heterocycles. The van der Waals surface area contributed by atoms with Gasteiger partial charge in [-0.05, 0) is 24.0 Å². The maximum absolute atomic E-state index is 11.6. The number of fused-ring (bicyclic) bond motifs is 1. The molecule has 1 N–H and O–H groups in total. The third-order valence-corrected chi connectivity index (χ3v) is 3.40. The van der Waals surface area contributed by atoms with Crippen molar-refractivity contribution < 1.29 is 9.53 Å². The van der Waals surface area contributed by atoms with Gasteiger partial charge in [-0.25, -0.2) is 0 Å². The monoisotopic (exact) mass is 233 g/mol. The average molecular weight is 233 g/mol. The number of aryl methyl sites for hydroxylation is 1. The molecule has 1 aliphatic carbocycles. The van der Waals surface area contributed by atoms with E-state index in [2.05, 4.69) is 17.4 Å². The van der Waals surface area contributed by atoms with Gasteiger partial charge in [0.05, 0.1) is 12.1 Å². The molecule has 17 heavy (non-hydrogen) atoms. The predicted molar refractivity (Wildman–Crippen MR) is 66.7 cm³/mol. The summed E-state index contributed by atoms with van der Waals surface area (Å²) in [6, 6.07) is 8.28. The SMILES string of the molecule is CCC(=O)NC1c2ccccc2CCC1OC. The number of nitrogens with one attached hydrogen (secondary N) is 1. The maximum atomic E-state index is 11.6. The molecule has 1 amide bonds. The van der Waals surface area contributed by atoms with Crippen LogP contribution in [-0.2, 0) is 16.0 Å². The Morgan fingerprint density at radius 1 is 1.47 bits per heavy atom. The summed E-state index contributed by atoms with van der Waals surface area (Å²) in [6.45, 7) is 1.87. The first-order chi connectivity index (χ1) is 8.26. The third-order valence-electron chi connectivity index (χ3n) is 3.40. The van der Waals surface area contributed by atoms with Crippen LogP contribution in [0, 0.1) is 0 Å². The normalized spacial score (nSPS) is 22.9. The number of carbonyl (C=O) groups excluding carboxylic acids is 1. The van der Waals surface area contributed by atoms with Gasteiger partial charge in [0, 0.05) is 13.5 Å². The number of hydrogen-bond donors (Lipinski definition) is 1. The smallest absolute Gasteiger partial charge is 0.220 e. The second-order valence-electron chi connectivity index (χ2n) is 4.41. The highest BCUT2D eigenvalue weighted by Crippen LogP contribution is 2.31. The molecule has 0 saturated carbocycles. The molecule has 2 unspecified atom stereocenters. The van der Waals surface area contributed by atoms with Crippen molar-refractivity contribution in [2.24, 2.45) is 0 Å². The second kappa shape index (κ2) is 5.32. The molecule has 0 saturated heterocycles. The molecular weight excluding hydrogens is 214 g/mol. The lowest BCUT2D eigenvalue weighted by Gasteiger charge is -2.33. The first-order valence-corrected chi connectivity index (χ1v) is 6.16. The molecule has 92 valence electrons. The van der Waals surface area contributed by atoms with E-state index in [-0.39, 0.29) is 18.1 Å². The first-order valence-electron chi connectivity index (χ1n) is 6.16. The van der Waals surface area contributed by atoms with Gasteiger partial charge in [-0.1, -0.05) is 31.2 Å².